The number of hydrogen-bond acceptors (Lipinski definition) is 3. The quantitative estimate of drug-likeness (QED) is 0.900. The number of carbonyl (C=O) groups is 1. The average Bonchev–Trinajstić information content (AvgIpc) is 2.34. The molecule has 1 fully saturated rings. The fourth-order valence-electron chi connectivity index (χ4n) is 2.36. The first kappa shape index (κ1) is 17.2. The Labute approximate surface area is 131 Å². The number of rotatable bonds is 3. The molecule has 112 valence electrons. The molecule has 0 bridgehead atoms. The first-order chi connectivity index (χ1) is 9.04. The van der Waals surface area contributed by atoms with Crippen LogP contribution in [0.15, 0.2) is 18.2 Å². The smallest absolute Gasteiger partial charge is 0.238 e. The van der Waals surface area contributed by atoms with Crippen LogP contribution in [-0.2, 0) is 4.79 Å². The van der Waals surface area contributed by atoms with Crippen LogP contribution in [-0.4, -0.2) is 36.5 Å². The summed E-state index contributed by atoms with van der Waals surface area (Å²) in [5.41, 5.74) is 7.69. The number of benzene rings is 1. The lowest BCUT2D eigenvalue weighted by atomic mass is 10.1. The molecule has 6 heteroatoms. The summed E-state index contributed by atoms with van der Waals surface area (Å²) in [6, 6.07) is 5.68. The summed E-state index contributed by atoms with van der Waals surface area (Å²) in [5, 5.41) is 3.53. The lowest BCUT2D eigenvalue weighted by Crippen LogP contribution is -2.45. The molecule has 0 spiro atoms. The molecule has 1 aromatic rings. The van der Waals surface area contributed by atoms with Crippen LogP contribution in [0.5, 0.6) is 0 Å². The van der Waals surface area contributed by atoms with Gasteiger partial charge in [-0.15, -0.1) is 12.4 Å². The lowest BCUT2D eigenvalue weighted by Gasteiger charge is -2.30. The molecule has 2 rings (SSSR count). The number of likely N-dealkylation sites (tertiary alicyclic amines) is 1. The maximum absolute atomic E-state index is 12.0. The molecule has 1 unspecified atom stereocenters. The molecule has 0 aliphatic carbocycles. The van der Waals surface area contributed by atoms with Crippen LogP contribution in [0.25, 0.3) is 0 Å². The lowest BCUT2D eigenvalue weighted by molar-refractivity contribution is -0.117. The second-order valence-electron chi connectivity index (χ2n) is 5.14. The standard InChI is InChI=1S/C14H20ClN3O.ClH/c1-10-4-5-11(15)7-13(10)17-14(19)9-18-6-2-3-12(16)8-18;/h4-5,7,12H,2-3,6,8-9,16H2,1H3,(H,17,19);1H. The number of amides is 1. The highest BCUT2D eigenvalue weighted by Gasteiger charge is 2.19. The highest BCUT2D eigenvalue weighted by atomic mass is 35.5. The molecular formula is C14H21Cl2N3O. The zero-order valence-electron chi connectivity index (χ0n) is 11.6. The second-order valence-corrected chi connectivity index (χ2v) is 5.58. The number of nitrogens with two attached hydrogens (primary N) is 1. The molecule has 1 amide bonds. The van der Waals surface area contributed by atoms with Gasteiger partial charge in [0.15, 0.2) is 0 Å². The van der Waals surface area contributed by atoms with Crippen molar-refractivity contribution in [2.24, 2.45) is 5.73 Å². The largest absolute Gasteiger partial charge is 0.327 e. The van der Waals surface area contributed by atoms with E-state index in [9.17, 15) is 4.79 Å². The Morgan fingerprint density at radius 1 is 1.55 bits per heavy atom. The van der Waals surface area contributed by atoms with Gasteiger partial charge in [0.05, 0.1) is 6.54 Å². The van der Waals surface area contributed by atoms with Gasteiger partial charge in [-0.05, 0) is 44.0 Å². The Balaban J connectivity index is 0.00000200. The van der Waals surface area contributed by atoms with Gasteiger partial charge in [-0.3, -0.25) is 9.69 Å². The molecule has 1 heterocycles. The van der Waals surface area contributed by atoms with Crippen LogP contribution in [0.1, 0.15) is 18.4 Å². The van der Waals surface area contributed by atoms with Crippen molar-refractivity contribution in [1.82, 2.24) is 4.90 Å². The first-order valence-electron chi connectivity index (χ1n) is 6.58. The molecule has 1 aliphatic heterocycles. The van der Waals surface area contributed by atoms with Crippen LogP contribution < -0.4 is 11.1 Å². The van der Waals surface area contributed by atoms with Gasteiger partial charge < -0.3 is 11.1 Å². The zero-order valence-corrected chi connectivity index (χ0v) is 13.1. The molecule has 1 atom stereocenters. The van der Waals surface area contributed by atoms with Crippen molar-refractivity contribution in [2.75, 3.05) is 25.0 Å². The Bertz CT molecular complexity index is 468. The van der Waals surface area contributed by atoms with Crippen molar-refractivity contribution in [1.29, 1.82) is 0 Å². The first-order valence-corrected chi connectivity index (χ1v) is 6.96. The average molecular weight is 318 g/mol. The Morgan fingerprint density at radius 2 is 2.30 bits per heavy atom. The number of nitrogens with one attached hydrogen (secondary N) is 1. The number of piperidine rings is 1. The third-order valence-electron chi connectivity index (χ3n) is 3.38. The van der Waals surface area contributed by atoms with Crippen LogP contribution in [0, 0.1) is 6.92 Å². The second kappa shape index (κ2) is 7.84. The minimum absolute atomic E-state index is 0. The van der Waals surface area contributed by atoms with E-state index in [0.717, 1.165) is 37.2 Å². The van der Waals surface area contributed by atoms with E-state index in [2.05, 4.69) is 10.2 Å². The van der Waals surface area contributed by atoms with Gasteiger partial charge in [-0.1, -0.05) is 17.7 Å². The Morgan fingerprint density at radius 3 is 3.00 bits per heavy atom. The number of hydrogen-bond donors (Lipinski definition) is 2. The summed E-state index contributed by atoms with van der Waals surface area (Å²) in [6.45, 7) is 4.07. The van der Waals surface area contributed by atoms with Crippen molar-refractivity contribution in [2.45, 2.75) is 25.8 Å². The molecule has 3 N–H and O–H groups in total. The number of anilines is 1. The predicted molar refractivity (Wildman–Crippen MR) is 85.7 cm³/mol. The molecule has 1 aliphatic rings. The van der Waals surface area contributed by atoms with Gasteiger partial charge in [0, 0.05) is 23.3 Å². The van der Waals surface area contributed by atoms with Gasteiger partial charge in [-0.25, -0.2) is 0 Å². The third kappa shape index (κ3) is 4.94. The maximum Gasteiger partial charge on any atom is 0.238 e. The normalized spacial score (nSPS) is 19.2. The number of aryl methyl sites for hydroxylation is 1. The SMILES string of the molecule is Cc1ccc(Cl)cc1NC(=O)CN1CCCC(N)C1.Cl. The van der Waals surface area contributed by atoms with E-state index in [4.69, 9.17) is 17.3 Å². The fraction of sp³-hybridized carbons (Fsp3) is 0.500. The maximum atomic E-state index is 12.0. The van der Waals surface area contributed by atoms with E-state index >= 15 is 0 Å². The van der Waals surface area contributed by atoms with Crippen LogP contribution >= 0.6 is 24.0 Å². The van der Waals surface area contributed by atoms with Gasteiger partial charge in [0.2, 0.25) is 5.91 Å². The predicted octanol–water partition coefficient (Wildman–Crippen LogP) is 2.43. The molecule has 0 saturated carbocycles. The summed E-state index contributed by atoms with van der Waals surface area (Å²) in [6.07, 6.45) is 2.11. The Kier molecular flexibility index (Phi) is 6.76. The third-order valence-corrected chi connectivity index (χ3v) is 3.62. The van der Waals surface area contributed by atoms with E-state index in [1.165, 1.54) is 0 Å². The van der Waals surface area contributed by atoms with Gasteiger partial charge in [-0.2, -0.15) is 0 Å². The summed E-state index contributed by atoms with van der Waals surface area (Å²) in [4.78, 5) is 14.1. The molecule has 0 radical (unpaired) electrons. The minimum atomic E-state index is -0.0144. The molecule has 1 saturated heterocycles. The van der Waals surface area contributed by atoms with E-state index < -0.39 is 0 Å². The number of nitrogens with zero attached hydrogens (tertiary/aromatic N) is 1. The van der Waals surface area contributed by atoms with Crippen LogP contribution in [0.4, 0.5) is 5.69 Å². The zero-order chi connectivity index (χ0) is 13.8. The number of carbonyl (C=O) groups excluding carboxylic acids is 1. The summed E-state index contributed by atoms with van der Waals surface area (Å²) in [7, 11) is 0. The van der Waals surface area contributed by atoms with Crippen LogP contribution in [0.2, 0.25) is 5.02 Å². The van der Waals surface area contributed by atoms with Crippen molar-refractivity contribution < 1.29 is 4.79 Å². The molecule has 4 nitrogen and oxygen atoms in total. The van der Waals surface area contributed by atoms with Gasteiger partial charge in [0.1, 0.15) is 0 Å². The highest BCUT2D eigenvalue weighted by molar-refractivity contribution is 6.31. The van der Waals surface area contributed by atoms with E-state index in [-0.39, 0.29) is 24.4 Å². The van der Waals surface area contributed by atoms with E-state index in [1.807, 2.05) is 19.1 Å². The molecule has 1 aromatic carbocycles. The number of halogens is 2. The van der Waals surface area contributed by atoms with Gasteiger partial charge in [0.25, 0.3) is 0 Å². The van der Waals surface area contributed by atoms with E-state index in [0.29, 0.717) is 11.6 Å². The van der Waals surface area contributed by atoms with Crippen molar-refractivity contribution in [3.63, 3.8) is 0 Å². The highest BCUT2D eigenvalue weighted by Crippen LogP contribution is 2.20. The summed E-state index contributed by atoms with van der Waals surface area (Å²) in [5.74, 6) is -0.0144. The molecular weight excluding hydrogens is 297 g/mol. The van der Waals surface area contributed by atoms with E-state index in [1.54, 1.807) is 6.07 Å². The van der Waals surface area contributed by atoms with Crippen LogP contribution in [0.3, 0.4) is 0 Å². The van der Waals surface area contributed by atoms with Crippen molar-refractivity contribution >= 4 is 35.6 Å². The fourth-order valence-corrected chi connectivity index (χ4v) is 2.53. The summed E-state index contributed by atoms with van der Waals surface area (Å²) >= 11 is 5.93. The topological polar surface area (TPSA) is 58.4 Å². The molecule has 0 aromatic heterocycles. The van der Waals surface area contributed by atoms with Crippen molar-refractivity contribution in [3.8, 4) is 0 Å². The monoisotopic (exact) mass is 317 g/mol. The van der Waals surface area contributed by atoms with Crippen molar-refractivity contribution in [3.05, 3.63) is 28.8 Å². The Hall–Kier alpha value is -0.810. The molecule has 20 heavy (non-hydrogen) atoms. The minimum Gasteiger partial charge on any atom is -0.327 e. The van der Waals surface area contributed by atoms with Gasteiger partial charge >= 0.3 is 0 Å². The summed E-state index contributed by atoms with van der Waals surface area (Å²) < 4.78 is 0.